The number of rotatable bonds is 15. The molecule has 196 valence electrons. The fourth-order valence-corrected chi connectivity index (χ4v) is 4.51. The van der Waals surface area contributed by atoms with E-state index in [0.717, 1.165) is 68.8 Å². The van der Waals surface area contributed by atoms with E-state index in [2.05, 4.69) is 32.7 Å². The van der Waals surface area contributed by atoms with Crippen LogP contribution in [-0.2, 0) is 17.6 Å². The van der Waals surface area contributed by atoms with Crippen LogP contribution in [0.2, 0.25) is 0 Å². The van der Waals surface area contributed by atoms with Crippen LogP contribution in [0.1, 0.15) is 67.9 Å². The van der Waals surface area contributed by atoms with Crippen LogP contribution < -0.4 is 10.6 Å². The summed E-state index contributed by atoms with van der Waals surface area (Å²) in [6.07, 6.45) is 6.18. The molecule has 0 amide bonds. The molecule has 3 N–H and O–H groups in total. The molecule has 0 aromatic carbocycles. The molecule has 0 bridgehead atoms. The normalized spacial score (nSPS) is 16.0. The Bertz CT molecular complexity index is 1000. The van der Waals surface area contributed by atoms with Gasteiger partial charge in [-0.25, -0.2) is 28.5 Å². The van der Waals surface area contributed by atoms with Crippen LogP contribution in [0.3, 0.4) is 0 Å². The van der Waals surface area contributed by atoms with Gasteiger partial charge in [-0.15, -0.1) is 0 Å². The molecule has 0 saturated heterocycles. The predicted octanol–water partition coefficient (Wildman–Crippen LogP) is 4.34. The van der Waals surface area contributed by atoms with E-state index in [1.54, 1.807) is 12.3 Å². The number of aliphatic carboxylic acids is 1. The minimum atomic E-state index is -2.38. The van der Waals surface area contributed by atoms with Gasteiger partial charge in [-0.2, -0.15) is 0 Å². The molecule has 8 nitrogen and oxygen atoms in total. The van der Waals surface area contributed by atoms with Gasteiger partial charge in [0.1, 0.15) is 23.5 Å². The molecule has 2 aliphatic rings. The molecule has 0 spiro atoms. The first-order valence-corrected chi connectivity index (χ1v) is 13.0. The van der Waals surface area contributed by atoms with E-state index in [-0.39, 0.29) is 13.0 Å². The third-order valence-corrected chi connectivity index (χ3v) is 6.74. The molecule has 1 aliphatic heterocycles. The molecule has 1 fully saturated rings. The van der Waals surface area contributed by atoms with Gasteiger partial charge < -0.3 is 20.6 Å². The Balaban J connectivity index is 1.26. The number of alkyl halides is 2. The van der Waals surface area contributed by atoms with E-state index < -0.39 is 18.4 Å². The van der Waals surface area contributed by atoms with Crippen molar-refractivity contribution < 1.29 is 18.7 Å². The summed E-state index contributed by atoms with van der Waals surface area (Å²) in [5.74, 6) is 1.60. The maximum absolute atomic E-state index is 12.9. The van der Waals surface area contributed by atoms with Crippen molar-refractivity contribution in [1.82, 2.24) is 19.9 Å². The second-order valence-corrected chi connectivity index (χ2v) is 9.72. The van der Waals surface area contributed by atoms with E-state index in [0.29, 0.717) is 31.2 Å². The summed E-state index contributed by atoms with van der Waals surface area (Å²) in [6.45, 7) is 2.25. The van der Waals surface area contributed by atoms with Gasteiger partial charge in [0.05, 0.1) is 0 Å². The predicted molar refractivity (Wildman–Crippen MR) is 135 cm³/mol. The molecule has 1 aliphatic carbocycles. The van der Waals surface area contributed by atoms with Crippen LogP contribution in [0.4, 0.5) is 20.4 Å². The van der Waals surface area contributed by atoms with Crippen molar-refractivity contribution in [2.45, 2.75) is 76.2 Å². The number of aryl methyl sites for hydroxylation is 2. The topological polar surface area (TPSA) is 103 Å². The minimum Gasteiger partial charge on any atom is -0.480 e. The van der Waals surface area contributed by atoms with Crippen molar-refractivity contribution in [3.05, 3.63) is 41.5 Å². The Hall–Kier alpha value is -2.88. The summed E-state index contributed by atoms with van der Waals surface area (Å²) < 4.78 is 25.8. The molecule has 3 heterocycles. The Labute approximate surface area is 210 Å². The molecule has 0 radical (unpaired) electrons. The number of pyridine rings is 1. The molecule has 2 aromatic rings. The number of carboxylic acid groups (broad SMARTS) is 1. The van der Waals surface area contributed by atoms with Crippen LogP contribution in [0, 0.1) is 0 Å². The van der Waals surface area contributed by atoms with Gasteiger partial charge >= 0.3 is 5.97 Å². The highest BCUT2D eigenvalue weighted by Crippen LogP contribution is 2.38. The molecule has 0 unspecified atom stereocenters. The largest absolute Gasteiger partial charge is 0.480 e. The summed E-state index contributed by atoms with van der Waals surface area (Å²) in [4.78, 5) is 27.3. The number of anilines is 2. The zero-order chi connectivity index (χ0) is 25.3. The lowest BCUT2D eigenvalue weighted by molar-refractivity contribution is -0.138. The SMILES string of the molecule is O=C(O)[C@H](CCN(CCCCc1ccc2c(n1)NCCC2)CCC(F)F)Nc1ccnc(C2CC2)n1. The number of carbonyl (C=O) groups is 1. The Morgan fingerprint density at radius 3 is 2.75 bits per heavy atom. The molecule has 4 rings (SSSR count). The first-order chi connectivity index (χ1) is 17.5. The first kappa shape index (κ1) is 26.2. The summed E-state index contributed by atoms with van der Waals surface area (Å²) in [6, 6.07) is 5.03. The van der Waals surface area contributed by atoms with E-state index in [1.165, 1.54) is 5.56 Å². The number of nitrogens with zero attached hydrogens (tertiary/aromatic N) is 4. The van der Waals surface area contributed by atoms with Gasteiger partial charge in [0, 0.05) is 43.9 Å². The number of carboxylic acids is 1. The second-order valence-electron chi connectivity index (χ2n) is 9.72. The zero-order valence-corrected chi connectivity index (χ0v) is 20.6. The molecule has 10 heteroatoms. The molecule has 36 heavy (non-hydrogen) atoms. The van der Waals surface area contributed by atoms with Gasteiger partial charge in [0.2, 0.25) is 6.43 Å². The number of hydrogen-bond acceptors (Lipinski definition) is 7. The first-order valence-electron chi connectivity index (χ1n) is 13.0. The van der Waals surface area contributed by atoms with Crippen LogP contribution >= 0.6 is 0 Å². The number of unbranched alkanes of at least 4 members (excludes halogenated alkanes) is 1. The highest BCUT2D eigenvalue weighted by atomic mass is 19.3. The number of aromatic nitrogens is 3. The molecule has 1 saturated carbocycles. The fourth-order valence-electron chi connectivity index (χ4n) is 4.51. The van der Waals surface area contributed by atoms with E-state index in [4.69, 9.17) is 4.98 Å². The van der Waals surface area contributed by atoms with Crippen molar-refractivity contribution in [2.24, 2.45) is 0 Å². The van der Waals surface area contributed by atoms with Crippen molar-refractivity contribution in [3.63, 3.8) is 0 Å². The van der Waals surface area contributed by atoms with Crippen LogP contribution in [0.5, 0.6) is 0 Å². The van der Waals surface area contributed by atoms with Crippen molar-refractivity contribution in [3.8, 4) is 0 Å². The van der Waals surface area contributed by atoms with Gasteiger partial charge in [-0.1, -0.05) is 6.07 Å². The number of halogens is 2. The van der Waals surface area contributed by atoms with E-state index >= 15 is 0 Å². The maximum Gasteiger partial charge on any atom is 0.326 e. The third-order valence-electron chi connectivity index (χ3n) is 6.74. The van der Waals surface area contributed by atoms with Crippen molar-refractivity contribution >= 4 is 17.6 Å². The molecule has 2 aromatic heterocycles. The average molecular weight is 503 g/mol. The van der Waals surface area contributed by atoms with Crippen molar-refractivity contribution in [1.29, 1.82) is 0 Å². The maximum atomic E-state index is 12.9. The summed E-state index contributed by atoms with van der Waals surface area (Å²) in [7, 11) is 0. The quantitative estimate of drug-likeness (QED) is 0.309. The standard InChI is InChI=1S/C26H36F2N6O2/c27-22(28)12-17-34(15-2-1-5-20-9-8-18-4-3-13-29-24(18)31-20)16-11-21(26(35)36)32-23-10-14-30-25(33-23)19-6-7-19/h8-10,14,19,21-22H,1-7,11-13,15-17H2,(H,29,31)(H,35,36)(H,30,32,33)/t21-/m0/s1. The van der Waals surface area contributed by atoms with Gasteiger partial charge in [-0.05, 0) is 75.6 Å². The lowest BCUT2D eigenvalue weighted by Crippen LogP contribution is -2.36. The van der Waals surface area contributed by atoms with Gasteiger partial charge in [-0.3, -0.25) is 0 Å². The summed E-state index contributed by atoms with van der Waals surface area (Å²) >= 11 is 0. The molecule has 1 atom stereocenters. The molecular formula is C26H36F2N6O2. The number of nitrogens with one attached hydrogen (secondary N) is 2. The summed E-state index contributed by atoms with van der Waals surface area (Å²) in [5.41, 5.74) is 2.29. The van der Waals surface area contributed by atoms with Gasteiger partial charge in [0.25, 0.3) is 0 Å². The highest BCUT2D eigenvalue weighted by Gasteiger charge is 2.27. The zero-order valence-electron chi connectivity index (χ0n) is 20.6. The highest BCUT2D eigenvalue weighted by molar-refractivity contribution is 5.76. The lowest BCUT2D eigenvalue weighted by atomic mass is 10.1. The minimum absolute atomic E-state index is 0.222. The average Bonchev–Trinajstić information content (AvgIpc) is 3.72. The van der Waals surface area contributed by atoms with Crippen molar-refractivity contribution in [2.75, 3.05) is 36.8 Å². The Kier molecular flexibility index (Phi) is 9.38. The monoisotopic (exact) mass is 502 g/mol. The molecular weight excluding hydrogens is 466 g/mol. The van der Waals surface area contributed by atoms with Crippen LogP contribution in [0.25, 0.3) is 0 Å². The van der Waals surface area contributed by atoms with Gasteiger partial charge in [0.15, 0.2) is 0 Å². The lowest BCUT2D eigenvalue weighted by Gasteiger charge is -2.24. The number of fused-ring (bicyclic) bond motifs is 1. The Morgan fingerprint density at radius 1 is 1.14 bits per heavy atom. The van der Waals surface area contributed by atoms with Crippen LogP contribution in [-0.4, -0.2) is 69.6 Å². The smallest absolute Gasteiger partial charge is 0.326 e. The number of hydrogen-bond donors (Lipinski definition) is 3. The second kappa shape index (κ2) is 12.9. The Morgan fingerprint density at radius 2 is 1.97 bits per heavy atom. The fraction of sp³-hybridized carbons (Fsp3) is 0.615. The third kappa shape index (κ3) is 8.08. The van der Waals surface area contributed by atoms with E-state index in [1.807, 2.05) is 4.90 Å². The van der Waals surface area contributed by atoms with Crippen LogP contribution in [0.15, 0.2) is 24.4 Å². The summed E-state index contributed by atoms with van der Waals surface area (Å²) in [5, 5.41) is 16.1. The van der Waals surface area contributed by atoms with E-state index in [9.17, 15) is 18.7 Å².